The number of terminal acetylenes is 1. The molecule has 3 rings (SSSR count). The van der Waals surface area contributed by atoms with Crippen LogP contribution in [0.1, 0.15) is 24.2 Å². The fourth-order valence-corrected chi connectivity index (χ4v) is 2.22. The summed E-state index contributed by atoms with van der Waals surface area (Å²) in [6, 6.07) is 7.00. The van der Waals surface area contributed by atoms with Crippen LogP contribution in [0.4, 0.5) is 10.2 Å². The zero-order valence-electron chi connectivity index (χ0n) is 11.8. The molecule has 0 spiro atoms. The van der Waals surface area contributed by atoms with E-state index in [9.17, 15) is 9.50 Å². The summed E-state index contributed by atoms with van der Waals surface area (Å²) >= 11 is 0. The first-order valence-electron chi connectivity index (χ1n) is 6.65. The highest BCUT2D eigenvalue weighted by Gasteiger charge is 2.13. The van der Waals surface area contributed by atoms with E-state index in [1.807, 2.05) is 0 Å². The SMILES string of the molecule is C#Cc1cnc2ccc(NC(C)c3cc(F)ccc3O)nn12. The summed E-state index contributed by atoms with van der Waals surface area (Å²) in [5, 5.41) is 17.3. The van der Waals surface area contributed by atoms with Crippen molar-refractivity contribution in [3.05, 3.63) is 53.6 Å². The highest BCUT2D eigenvalue weighted by Crippen LogP contribution is 2.27. The van der Waals surface area contributed by atoms with Crippen molar-refractivity contribution in [3.8, 4) is 18.1 Å². The van der Waals surface area contributed by atoms with Gasteiger partial charge in [0.25, 0.3) is 0 Å². The number of nitrogens with one attached hydrogen (secondary N) is 1. The second kappa shape index (κ2) is 5.37. The van der Waals surface area contributed by atoms with Crippen LogP contribution in [0.3, 0.4) is 0 Å². The third kappa shape index (κ3) is 2.44. The van der Waals surface area contributed by atoms with Crippen molar-refractivity contribution in [2.75, 3.05) is 5.32 Å². The van der Waals surface area contributed by atoms with Gasteiger partial charge in [-0.1, -0.05) is 0 Å². The van der Waals surface area contributed by atoms with Crippen molar-refractivity contribution in [3.63, 3.8) is 0 Å². The minimum Gasteiger partial charge on any atom is -0.508 e. The molecule has 0 saturated carbocycles. The normalized spacial score (nSPS) is 12.0. The maximum absolute atomic E-state index is 13.3. The number of imidazole rings is 1. The Balaban J connectivity index is 1.92. The monoisotopic (exact) mass is 296 g/mol. The van der Waals surface area contributed by atoms with Gasteiger partial charge in [-0.05, 0) is 43.2 Å². The molecule has 0 saturated heterocycles. The molecule has 5 nitrogen and oxygen atoms in total. The highest BCUT2D eigenvalue weighted by atomic mass is 19.1. The Bertz CT molecular complexity index is 881. The van der Waals surface area contributed by atoms with Gasteiger partial charge in [0.1, 0.15) is 23.1 Å². The number of fused-ring (bicyclic) bond motifs is 1. The molecular weight excluding hydrogens is 283 g/mol. The zero-order chi connectivity index (χ0) is 15.7. The van der Waals surface area contributed by atoms with E-state index < -0.39 is 5.82 Å². The maximum atomic E-state index is 13.3. The number of phenols is 1. The molecule has 0 amide bonds. The van der Waals surface area contributed by atoms with Gasteiger partial charge in [-0.25, -0.2) is 13.9 Å². The lowest BCUT2D eigenvalue weighted by Crippen LogP contribution is -2.10. The topological polar surface area (TPSA) is 62.5 Å². The molecule has 0 bridgehead atoms. The lowest BCUT2D eigenvalue weighted by atomic mass is 10.1. The molecule has 0 radical (unpaired) electrons. The molecule has 0 aliphatic heterocycles. The number of phenolic OH excluding ortho intramolecular Hbond substituents is 1. The molecule has 3 aromatic rings. The summed E-state index contributed by atoms with van der Waals surface area (Å²) in [6.45, 7) is 1.80. The first-order chi connectivity index (χ1) is 10.6. The van der Waals surface area contributed by atoms with E-state index in [-0.39, 0.29) is 11.8 Å². The molecule has 1 aromatic carbocycles. The predicted octanol–water partition coefficient (Wildman–Crippen LogP) is 2.73. The van der Waals surface area contributed by atoms with Gasteiger partial charge in [0.2, 0.25) is 0 Å². The van der Waals surface area contributed by atoms with Crippen LogP contribution in [0.25, 0.3) is 5.65 Å². The third-order valence-corrected chi connectivity index (χ3v) is 3.33. The fraction of sp³-hybridized carbons (Fsp3) is 0.125. The summed E-state index contributed by atoms with van der Waals surface area (Å²) in [5.41, 5.74) is 1.63. The van der Waals surface area contributed by atoms with E-state index in [4.69, 9.17) is 6.42 Å². The summed E-state index contributed by atoms with van der Waals surface area (Å²) in [7, 11) is 0. The third-order valence-electron chi connectivity index (χ3n) is 3.33. The Hall–Kier alpha value is -3.07. The Kier molecular flexibility index (Phi) is 3.39. The Labute approximate surface area is 126 Å². The number of benzene rings is 1. The van der Waals surface area contributed by atoms with Crippen LogP contribution in [0.15, 0.2) is 36.5 Å². The van der Waals surface area contributed by atoms with Gasteiger partial charge in [-0.15, -0.1) is 11.5 Å². The van der Waals surface area contributed by atoms with E-state index in [1.54, 1.807) is 29.8 Å². The maximum Gasteiger partial charge on any atom is 0.155 e. The number of aromatic hydroxyl groups is 1. The molecule has 0 aliphatic carbocycles. The predicted molar refractivity (Wildman–Crippen MR) is 81.0 cm³/mol. The lowest BCUT2D eigenvalue weighted by Gasteiger charge is -2.16. The molecule has 22 heavy (non-hydrogen) atoms. The molecule has 6 heteroatoms. The molecule has 0 fully saturated rings. The smallest absolute Gasteiger partial charge is 0.155 e. The lowest BCUT2D eigenvalue weighted by molar-refractivity contribution is 0.462. The van der Waals surface area contributed by atoms with Crippen LogP contribution in [-0.2, 0) is 0 Å². The summed E-state index contributed by atoms with van der Waals surface area (Å²) in [6.07, 6.45) is 6.96. The van der Waals surface area contributed by atoms with Crippen LogP contribution < -0.4 is 5.32 Å². The van der Waals surface area contributed by atoms with E-state index in [0.717, 1.165) is 0 Å². The number of anilines is 1. The summed E-state index contributed by atoms with van der Waals surface area (Å²) < 4.78 is 14.9. The van der Waals surface area contributed by atoms with Crippen LogP contribution in [-0.4, -0.2) is 19.7 Å². The van der Waals surface area contributed by atoms with Crippen molar-refractivity contribution in [1.29, 1.82) is 0 Å². The van der Waals surface area contributed by atoms with Crippen LogP contribution in [0, 0.1) is 18.2 Å². The average Bonchev–Trinajstić information content (AvgIpc) is 2.92. The molecule has 1 atom stereocenters. The first-order valence-corrected chi connectivity index (χ1v) is 6.65. The number of hydrogen-bond acceptors (Lipinski definition) is 4. The number of hydrogen-bond donors (Lipinski definition) is 2. The highest BCUT2D eigenvalue weighted by molar-refractivity contribution is 5.49. The number of halogens is 1. The fourth-order valence-electron chi connectivity index (χ4n) is 2.22. The van der Waals surface area contributed by atoms with Gasteiger partial charge in [-0.2, -0.15) is 0 Å². The molecular formula is C16H13FN4O. The Morgan fingerprint density at radius 2 is 2.18 bits per heavy atom. The van der Waals surface area contributed by atoms with Crippen molar-refractivity contribution in [2.24, 2.45) is 0 Å². The first kappa shape index (κ1) is 13.9. The second-order valence-electron chi connectivity index (χ2n) is 4.85. The summed E-state index contributed by atoms with van der Waals surface area (Å²) in [5.74, 6) is 2.65. The van der Waals surface area contributed by atoms with Crippen LogP contribution in [0.2, 0.25) is 0 Å². The minimum atomic E-state index is -0.408. The molecule has 2 N–H and O–H groups in total. The minimum absolute atomic E-state index is 0.0226. The van der Waals surface area contributed by atoms with E-state index >= 15 is 0 Å². The van der Waals surface area contributed by atoms with Gasteiger partial charge in [0.15, 0.2) is 5.65 Å². The van der Waals surface area contributed by atoms with Gasteiger partial charge >= 0.3 is 0 Å². The Morgan fingerprint density at radius 3 is 2.95 bits per heavy atom. The van der Waals surface area contributed by atoms with Gasteiger partial charge in [0, 0.05) is 5.56 Å². The van der Waals surface area contributed by atoms with Gasteiger partial charge in [-0.3, -0.25) is 0 Å². The van der Waals surface area contributed by atoms with Crippen LogP contribution >= 0.6 is 0 Å². The average molecular weight is 296 g/mol. The molecule has 2 aromatic heterocycles. The van der Waals surface area contributed by atoms with E-state index in [2.05, 4.69) is 21.3 Å². The largest absolute Gasteiger partial charge is 0.508 e. The molecule has 1 unspecified atom stereocenters. The summed E-state index contributed by atoms with van der Waals surface area (Å²) in [4.78, 5) is 4.13. The van der Waals surface area contributed by atoms with Crippen LogP contribution in [0.5, 0.6) is 5.75 Å². The quantitative estimate of drug-likeness (QED) is 0.730. The van der Waals surface area contributed by atoms with Crippen molar-refractivity contribution in [1.82, 2.24) is 14.6 Å². The second-order valence-corrected chi connectivity index (χ2v) is 4.85. The van der Waals surface area contributed by atoms with Gasteiger partial charge < -0.3 is 10.4 Å². The molecule has 110 valence electrons. The van der Waals surface area contributed by atoms with Crippen molar-refractivity contribution in [2.45, 2.75) is 13.0 Å². The number of nitrogens with zero attached hydrogens (tertiary/aromatic N) is 3. The van der Waals surface area contributed by atoms with Crippen molar-refractivity contribution >= 4 is 11.5 Å². The number of rotatable bonds is 3. The molecule has 0 aliphatic rings. The van der Waals surface area contributed by atoms with Gasteiger partial charge in [0.05, 0.1) is 12.2 Å². The Morgan fingerprint density at radius 1 is 1.36 bits per heavy atom. The number of aromatic nitrogens is 3. The van der Waals surface area contributed by atoms with Crippen molar-refractivity contribution < 1.29 is 9.50 Å². The van der Waals surface area contributed by atoms with E-state index in [1.165, 1.54) is 18.2 Å². The standard InChI is InChI=1S/C16H13FN4O/c1-3-12-9-18-16-7-6-15(20-21(12)16)19-10(2)13-8-11(17)4-5-14(13)22/h1,4-10,22H,2H3,(H,19,20). The zero-order valence-corrected chi connectivity index (χ0v) is 11.8. The molecule has 2 heterocycles. The van der Waals surface area contributed by atoms with E-state index in [0.29, 0.717) is 22.7 Å².